The molecule has 5 rings (SSSR count). The lowest BCUT2D eigenvalue weighted by Gasteiger charge is -2.24. The zero-order valence-electron chi connectivity index (χ0n) is 18.2. The van der Waals surface area contributed by atoms with Gasteiger partial charge in [0.1, 0.15) is 17.9 Å². The fourth-order valence-corrected chi connectivity index (χ4v) is 4.54. The number of benzene rings is 2. The first-order chi connectivity index (χ1) is 16.2. The van der Waals surface area contributed by atoms with E-state index in [1.54, 1.807) is 6.33 Å². The summed E-state index contributed by atoms with van der Waals surface area (Å²) in [5.41, 5.74) is 9.28. The average Bonchev–Trinajstić information content (AvgIpc) is 3.41. The average molecular weight is 446 g/mol. The van der Waals surface area contributed by atoms with Crippen molar-refractivity contribution in [1.29, 1.82) is 0 Å². The Morgan fingerprint density at radius 3 is 2.36 bits per heavy atom. The molecule has 4 unspecified atom stereocenters. The van der Waals surface area contributed by atoms with E-state index in [1.165, 1.54) is 6.33 Å². The van der Waals surface area contributed by atoms with Gasteiger partial charge in [-0.25, -0.2) is 15.0 Å². The minimum atomic E-state index is -0.743. The number of aliphatic hydroxyl groups is 1. The van der Waals surface area contributed by atoms with Crippen LogP contribution in [0.1, 0.15) is 23.6 Å². The lowest BCUT2D eigenvalue weighted by atomic mass is 10.1. The van der Waals surface area contributed by atoms with E-state index in [2.05, 4.69) is 15.0 Å². The van der Waals surface area contributed by atoms with Crippen molar-refractivity contribution in [3.63, 3.8) is 0 Å². The van der Waals surface area contributed by atoms with Gasteiger partial charge in [0.25, 0.3) is 0 Å². The Hall–Kier alpha value is -3.33. The van der Waals surface area contributed by atoms with Gasteiger partial charge in [-0.1, -0.05) is 60.7 Å². The van der Waals surface area contributed by atoms with E-state index in [0.717, 1.165) is 11.1 Å². The normalized spacial score (nSPS) is 22.7. The van der Waals surface area contributed by atoms with Gasteiger partial charge in [-0.05, 0) is 17.5 Å². The van der Waals surface area contributed by atoms with Gasteiger partial charge in [0.05, 0.1) is 38.3 Å². The Balaban J connectivity index is 1.35. The minimum absolute atomic E-state index is 0.00839. The molecule has 0 spiro atoms. The fourth-order valence-electron chi connectivity index (χ4n) is 4.54. The van der Waals surface area contributed by atoms with Crippen LogP contribution in [-0.4, -0.2) is 43.4 Å². The molecule has 2 aromatic carbocycles. The molecule has 0 aliphatic heterocycles. The summed E-state index contributed by atoms with van der Waals surface area (Å²) in [4.78, 5) is 12.7. The lowest BCUT2D eigenvalue weighted by Crippen LogP contribution is -2.33. The van der Waals surface area contributed by atoms with Gasteiger partial charge in [-0.3, -0.25) is 0 Å². The molecule has 170 valence electrons. The maximum absolute atomic E-state index is 11.3. The van der Waals surface area contributed by atoms with Gasteiger partial charge in [-0.15, -0.1) is 0 Å². The molecule has 1 aliphatic carbocycles. The molecule has 33 heavy (non-hydrogen) atoms. The van der Waals surface area contributed by atoms with Crippen LogP contribution < -0.4 is 5.73 Å². The van der Waals surface area contributed by atoms with Crippen molar-refractivity contribution in [3.8, 4) is 0 Å². The van der Waals surface area contributed by atoms with Crippen molar-refractivity contribution in [2.75, 3.05) is 12.3 Å². The second kappa shape index (κ2) is 9.66. The van der Waals surface area contributed by atoms with Crippen LogP contribution in [-0.2, 0) is 22.7 Å². The van der Waals surface area contributed by atoms with E-state index in [9.17, 15) is 5.11 Å². The Kier molecular flexibility index (Phi) is 6.30. The van der Waals surface area contributed by atoms with Gasteiger partial charge in [0.2, 0.25) is 0 Å². The highest BCUT2D eigenvalue weighted by Gasteiger charge is 2.44. The molecule has 1 aliphatic rings. The molecule has 1 saturated carbocycles. The number of nitrogens with two attached hydrogens (primary N) is 1. The van der Waals surface area contributed by atoms with Gasteiger partial charge in [0, 0.05) is 5.92 Å². The monoisotopic (exact) mass is 445 g/mol. The largest absolute Gasteiger partial charge is 0.388 e. The predicted octanol–water partition coefficient (Wildman–Crippen LogP) is 3.13. The summed E-state index contributed by atoms with van der Waals surface area (Å²) >= 11 is 0. The Morgan fingerprint density at radius 2 is 1.64 bits per heavy atom. The van der Waals surface area contributed by atoms with E-state index >= 15 is 0 Å². The van der Waals surface area contributed by atoms with Crippen LogP contribution in [0.15, 0.2) is 73.3 Å². The number of imidazole rings is 1. The number of anilines is 1. The van der Waals surface area contributed by atoms with Crippen molar-refractivity contribution in [1.82, 2.24) is 19.5 Å². The quantitative estimate of drug-likeness (QED) is 0.429. The summed E-state index contributed by atoms with van der Waals surface area (Å²) in [5, 5.41) is 11.3. The highest BCUT2D eigenvalue weighted by atomic mass is 16.5. The number of nitrogen functional groups attached to an aromatic ring is 1. The molecule has 2 heterocycles. The smallest absolute Gasteiger partial charge is 0.165 e. The van der Waals surface area contributed by atoms with Crippen molar-refractivity contribution in [2.45, 2.75) is 37.9 Å². The molecular weight excluding hydrogens is 418 g/mol. The number of ether oxygens (including phenoxy) is 2. The first-order valence-corrected chi connectivity index (χ1v) is 11.1. The van der Waals surface area contributed by atoms with Gasteiger partial charge in [-0.2, -0.15) is 0 Å². The third-order valence-corrected chi connectivity index (χ3v) is 6.21. The molecule has 4 aromatic rings. The van der Waals surface area contributed by atoms with E-state index in [4.69, 9.17) is 15.2 Å². The number of rotatable bonds is 8. The SMILES string of the molecule is Nc1ncnc2c1ncn2C1CC(COCc2ccccc2)C(OCc2ccccc2)C1O. The van der Waals surface area contributed by atoms with Crippen LogP contribution in [0.25, 0.3) is 11.2 Å². The number of nitrogens with zero attached hydrogens (tertiary/aromatic N) is 4. The third kappa shape index (κ3) is 4.59. The van der Waals surface area contributed by atoms with Crippen LogP contribution in [0.2, 0.25) is 0 Å². The standard InChI is InChI=1S/C25H27N5O3/c26-24-21-25(28-15-27-24)30(16-29-21)20-11-19(14-32-12-17-7-3-1-4-8-17)23(22(20)31)33-13-18-9-5-2-6-10-18/h1-10,15-16,19-20,22-23,31H,11-14H2,(H2,26,27,28). The molecule has 4 atom stereocenters. The van der Waals surface area contributed by atoms with E-state index < -0.39 is 6.10 Å². The summed E-state index contributed by atoms with van der Waals surface area (Å²) in [6, 6.07) is 19.8. The fraction of sp³-hybridized carbons (Fsp3) is 0.320. The van der Waals surface area contributed by atoms with Crippen molar-refractivity contribution < 1.29 is 14.6 Å². The van der Waals surface area contributed by atoms with Crippen LogP contribution >= 0.6 is 0 Å². The molecule has 3 N–H and O–H groups in total. The molecule has 8 heteroatoms. The summed E-state index contributed by atoms with van der Waals surface area (Å²) in [6.07, 6.45) is 2.63. The number of aromatic nitrogens is 4. The minimum Gasteiger partial charge on any atom is -0.388 e. The van der Waals surface area contributed by atoms with Crippen molar-refractivity contribution in [3.05, 3.63) is 84.4 Å². The maximum atomic E-state index is 11.3. The Morgan fingerprint density at radius 1 is 0.939 bits per heavy atom. The molecule has 8 nitrogen and oxygen atoms in total. The van der Waals surface area contributed by atoms with Crippen LogP contribution in [0, 0.1) is 5.92 Å². The van der Waals surface area contributed by atoms with Crippen molar-refractivity contribution in [2.24, 2.45) is 5.92 Å². The molecule has 1 fully saturated rings. The number of hydrogen-bond donors (Lipinski definition) is 2. The first kappa shape index (κ1) is 21.5. The van der Waals surface area contributed by atoms with E-state index in [0.29, 0.717) is 43.2 Å². The molecular formula is C25H27N5O3. The summed E-state index contributed by atoms with van der Waals surface area (Å²) in [6.45, 7) is 1.41. The first-order valence-electron chi connectivity index (χ1n) is 11.1. The van der Waals surface area contributed by atoms with Crippen LogP contribution in [0.3, 0.4) is 0 Å². The lowest BCUT2D eigenvalue weighted by molar-refractivity contribution is -0.0713. The van der Waals surface area contributed by atoms with Crippen LogP contribution in [0.5, 0.6) is 0 Å². The summed E-state index contributed by atoms with van der Waals surface area (Å²) in [7, 11) is 0. The predicted molar refractivity (Wildman–Crippen MR) is 124 cm³/mol. The second-order valence-corrected chi connectivity index (χ2v) is 8.40. The van der Waals surface area contributed by atoms with Crippen molar-refractivity contribution >= 4 is 17.0 Å². The molecule has 0 radical (unpaired) electrons. The number of aliphatic hydroxyl groups excluding tert-OH is 1. The zero-order valence-corrected chi connectivity index (χ0v) is 18.2. The molecule has 2 aromatic heterocycles. The molecule has 0 amide bonds. The third-order valence-electron chi connectivity index (χ3n) is 6.21. The van der Waals surface area contributed by atoms with Gasteiger partial charge in [0.15, 0.2) is 11.5 Å². The number of hydrogen-bond acceptors (Lipinski definition) is 7. The van der Waals surface area contributed by atoms with E-state index in [-0.39, 0.29) is 18.1 Å². The van der Waals surface area contributed by atoms with Gasteiger partial charge < -0.3 is 24.9 Å². The Labute approximate surface area is 192 Å². The van der Waals surface area contributed by atoms with Gasteiger partial charge >= 0.3 is 0 Å². The Bertz CT molecular complexity index is 1180. The summed E-state index contributed by atoms with van der Waals surface area (Å²) < 4.78 is 14.2. The highest BCUT2D eigenvalue weighted by Crippen LogP contribution is 2.39. The zero-order chi connectivity index (χ0) is 22.6. The highest BCUT2D eigenvalue weighted by molar-refractivity contribution is 5.81. The number of fused-ring (bicyclic) bond motifs is 1. The maximum Gasteiger partial charge on any atom is 0.165 e. The summed E-state index contributed by atoms with van der Waals surface area (Å²) in [5.74, 6) is 0.333. The molecule has 0 saturated heterocycles. The van der Waals surface area contributed by atoms with E-state index in [1.807, 2.05) is 65.2 Å². The second-order valence-electron chi connectivity index (χ2n) is 8.40. The topological polar surface area (TPSA) is 108 Å². The molecule has 0 bridgehead atoms. The van der Waals surface area contributed by atoms with Crippen LogP contribution in [0.4, 0.5) is 5.82 Å².